The van der Waals surface area contributed by atoms with Gasteiger partial charge in [0.05, 0.1) is 13.2 Å². The van der Waals surface area contributed by atoms with E-state index in [0.717, 1.165) is 0 Å². The van der Waals surface area contributed by atoms with E-state index in [0.29, 0.717) is 5.56 Å². The zero-order valence-corrected chi connectivity index (χ0v) is 17.4. The van der Waals surface area contributed by atoms with Crippen LogP contribution in [0.3, 0.4) is 0 Å². The van der Waals surface area contributed by atoms with Crippen molar-refractivity contribution in [3.63, 3.8) is 0 Å². The molecule has 0 saturated heterocycles. The first-order valence-electron chi connectivity index (χ1n) is 9.59. The fourth-order valence-electron chi connectivity index (χ4n) is 3.58. The van der Waals surface area contributed by atoms with Crippen LogP contribution in [0, 0.1) is 0 Å². The van der Waals surface area contributed by atoms with Crippen LogP contribution in [0.5, 0.6) is 0 Å². The summed E-state index contributed by atoms with van der Waals surface area (Å²) in [4.78, 5) is 26.2. The molecular weight excluding hydrogens is 405 g/mol. The van der Waals surface area contributed by atoms with Crippen LogP contribution in [0.4, 0.5) is 0 Å². The molecule has 1 aliphatic rings. The lowest BCUT2D eigenvalue weighted by Crippen LogP contribution is -2.26. The van der Waals surface area contributed by atoms with Crippen molar-refractivity contribution in [3.8, 4) is 0 Å². The van der Waals surface area contributed by atoms with Gasteiger partial charge in [0.2, 0.25) is 11.6 Å². The molecule has 8 nitrogen and oxygen atoms in total. The van der Waals surface area contributed by atoms with E-state index < -0.39 is 24.9 Å². The van der Waals surface area contributed by atoms with E-state index in [9.17, 15) is 14.2 Å². The minimum absolute atomic E-state index is 0.0211. The number of hydrogen-bond acceptors (Lipinski definition) is 7. The van der Waals surface area contributed by atoms with E-state index in [-0.39, 0.29) is 35.7 Å². The lowest BCUT2D eigenvalue weighted by atomic mass is 9.90. The number of ketones is 2. The third-order valence-corrected chi connectivity index (χ3v) is 7.14. The van der Waals surface area contributed by atoms with Gasteiger partial charge in [-0.15, -0.1) is 5.10 Å². The van der Waals surface area contributed by atoms with Crippen molar-refractivity contribution >= 4 is 19.2 Å². The number of nitrogens with zero attached hydrogens (tertiary/aromatic N) is 3. The first-order chi connectivity index (χ1) is 14.5. The molecule has 3 aromatic rings. The standard InChI is InChI=1S/C21H20N3O5P/c1-3-28-30(27,29-4-2)21(14-10-6-5-7-11-14)24-18-17(22-23-24)19(25)15-12-8-9-13-16(15)20(18)26/h5-13,21H,3-4H2,1-2H3. The molecule has 1 heterocycles. The summed E-state index contributed by atoms with van der Waals surface area (Å²) in [5, 5.41) is 8.06. The van der Waals surface area contributed by atoms with E-state index in [1.165, 1.54) is 4.68 Å². The third-order valence-electron chi connectivity index (χ3n) is 4.79. The monoisotopic (exact) mass is 425 g/mol. The Kier molecular flexibility index (Phi) is 5.47. The van der Waals surface area contributed by atoms with E-state index >= 15 is 0 Å². The Morgan fingerprint density at radius 3 is 2.07 bits per heavy atom. The number of aromatic nitrogens is 3. The lowest BCUT2D eigenvalue weighted by Gasteiger charge is -2.28. The van der Waals surface area contributed by atoms with Gasteiger partial charge in [0.1, 0.15) is 5.69 Å². The van der Waals surface area contributed by atoms with Crippen molar-refractivity contribution in [2.45, 2.75) is 19.6 Å². The van der Waals surface area contributed by atoms with Crippen LogP contribution in [0.25, 0.3) is 0 Å². The SMILES string of the molecule is CCOP(=O)(OCC)C(c1ccccc1)n1nnc2c1C(=O)c1ccccc1C2=O. The van der Waals surface area contributed by atoms with Gasteiger partial charge < -0.3 is 9.05 Å². The van der Waals surface area contributed by atoms with Gasteiger partial charge in [-0.05, 0) is 19.4 Å². The van der Waals surface area contributed by atoms with Crippen molar-refractivity contribution in [1.82, 2.24) is 15.0 Å². The van der Waals surface area contributed by atoms with Crippen LogP contribution >= 0.6 is 7.60 Å². The van der Waals surface area contributed by atoms with Crippen LogP contribution in [-0.2, 0) is 13.6 Å². The zero-order valence-electron chi connectivity index (χ0n) is 16.5. The number of benzene rings is 2. The molecule has 0 bridgehead atoms. The second-order valence-corrected chi connectivity index (χ2v) is 8.68. The molecule has 0 saturated carbocycles. The van der Waals surface area contributed by atoms with Gasteiger partial charge >= 0.3 is 7.60 Å². The van der Waals surface area contributed by atoms with Crippen LogP contribution in [0.1, 0.15) is 57.3 Å². The van der Waals surface area contributed by atoms with Gasteiger partial charge in [-0.1, -0.05) is 59.8 Å². The Balaban J connectivity index is 1.94. The van der Waals surface area contributed by atoms with E-state index in [2.05, 4.69) is 10.3 Å². The minimum Gasteiger partial charge on any atom is -0.307 e. The van der Waals surface area contributed by atoms with E-state index in [4.69, 9.17) is 9.05 Å². The van der Waals surface area contributed by atoms with Crippen molar-refractivity contribution < 1.29 is 23.2 Å². The fraction of sp³-hybridized carbons (Fsp3) is 0.238. The largest absolute Gasteiger partial charge is 0.359 e. The number of hydrogen-bond donors (Lipinski definition) is 0. The van der Waals surface area contributed by atoms with Crippen molar-refractivity contribution in [2.24, 2.45) is 0 Å². The summed E-state index contributed by atoms with van der Waals surface area (Å²) in [7, 11) is -3.82. The molecule has 0 aliphatic heterocycles. The maximum Gasteiger partial charge on any atom is 0.359 e. The van der Waals surface area contributed by atoms with Crippen molar-refractivity contribution in [2.75, 3.05) is 13.2 Å². The Labute approximate surface area is 173 Å². The predicted molar refractivity (Wildman–Crippen MR) is 109 cm³/mol. The molecule has 1 aliphatic carbocycles. The summed E-state index contributed by atoms with van der Waals surface area (Å²) in [5.74, 6) is -1.89. The Morgan fingerprint density at radius 2 is 1.47 bits per heavy atom. The first kappa shape index (κ1) is 20.3. The van der Waals surface area contributed by atoms with Gasteiger partial charge in [-0.3, -0.25) is 14.2 Å². The van der Waals surface area contributed by atoms with Gasteiger partial charge in [0, 0.05) is 11.1 Å². The molecule has 154 valence electrons. The smallest absolute Gasteiger partial charge is 0.307 e. The highest BCUT2D eigenvalue weighted by molar-refractivity contribution is 7.54. The molecule has 2 aromatic carbocycles. The minimum atomic E-state index is -3.82. The van der Waals surface area contributed by atoms with Gasteiger partial charge in [-0.25, -0.2) is 4.68 Å². The molecule has 0 radical (unpaired) electrons. The van der Waals surface area contributed by atoms with Gasteiger partial charge in [-0.2, -0.15) is 0 Å². The molecule has 0 spiro atoms. The average Bonchev–Trinajstić information content (AvgIpc) is 3.18. The second kappa shape index (κ2) is 8.07. The third kappa shape index (κ3) is 3.23. The molecule has 4 rings (SSSR count). The van der Waals surface area contributed by atoms with Crippen LogP contribution < -0.4 is 0 Å². The highest BCUT2D eigenvalue weighted by Crippen LogP contribution is 2.61. The summed E-state index contributed by atoms with van der Waals surface area (Å²) >= 11 is 0. The Hall–Kier alpha value is -2.93. The summed E-state index contributed by atoms with van der Waals surface area (Å²) in [6.45, 7) is 3.67. The van der Waals surface area contributed by atoms with Crippen LogP contribution in [-0.4, -0.2) is 39.8 Å². The predicted octanol–water partition coefficient (Wildman–Crippen LogP) is 3.87. The molecule has 0 fully saturated rings. The van der Waals surface area contributed by atoms with E-state index in [1.54, 1.807) is 62.4 Å². The topological polar surface area (TPSA) is 100 Å². The molecular formula is C21H20N3O5P. The fourth-order valence-corrected chi connectivity index (χ4v) is 5.63. The Bertz CT molecular complexity index is 1150. The molecule has 0 N–H and O–H groups in total. The normalized spacial score (nSPS) is 14.3. The van der Waals surface area contributed by atoms with Gasteiger partial charge in [0.25, 0.3) is 0 Å². The summed E-state index contributed by atoms with van der Waals surface area (Å²) < 4.78 is 26.2. The molecule has 1 aromatic heterocycles. The van der Waals surface area contributed by atoms with Crippen molar-refractivity contribution in [3.05, 3.63) is 82.7 Å². The van der Waals surface area contributed by atoms with Crippen LogP contribution in [0.15, 0.2) is 54.6 Å². The summed E-state index contributed by atoms with van der Waals surface area (Å²) in [6.07, 6.45) is 0. The lowest BCUT2D eigenvalue weighted by molar-refractivity contribution is 0.0970. The number of fused-ring (bicyclic) bond motifs is 2. The van der Waals surface area contributed by atoms with E-state index in [1.807, 2.05) is 6.07 Å². The maximum atomic E-state index is 13.8. The summed E-state index contributed by atoms with van der Waals surface area (Å²) in [5.41, 5.74) is 1.00. The zero-order chi connectivity index (χ0) is 21.3. The molecule has 1 unspecified atom stereocenters. The van der Waals surface area contributed by atoms with Gasteiger partial charge in [0.15, 0.2) is 11.5 Å². The number of rotatable bonds is 7. The first-order valence-corrected chi connectivity index (χ1v) is 11.2. The second-order valence-electron chi connectivity index (χ2n) is 6.59. The average molecular weight is 425 g/mol. The highest BCUT2D eigenvalue weighted by atomic mass is 31.2. The molecule has 1 atom stereocenters. The molecule has 9 heteroatoms. The highest BCUT2D eigenvalue weighted by Gasteiger charge is 2.44. The van der Waals surface area contributed by atoms with Crippen molar-refractivity contribution in [1.29, 1.82) is 0 Å². The van der Waals surface area contributed by atoms with Crippen LogP contribution in [0.2, 0.25) is 0 Å². The number of carbonyl (C=O) groups excluding carboxylic acids is 2. The summed E-state index contributed by atoms with van der Waals surface area (Å²) in [6, 6.07) is 15.4. The number of carbonyl (C=O) groups is 2. The quantitative estimate of drug-likeness (QED) is 0.414. The molecule has 0 amide bonds. The Morgan fingerprint density at radius 1 is 0.900 bits per heavy atom. The maximum absolute atomic E-state index is 13.8. The molecule has 30 heavy (non-hydrogen) atoms.